The smallest absolute Gasteiger partial charge is 0.255 e. The van der Waals surface area contributed by atoms with Crippen LogP contribution >= 0.6 is 0 Å². The van der Waals surface area contributed by atoms with Crippen LogP contribution in [0.25, 0.3) is 16.8 Å². The molecule has 38 heavy (non-hydrogen) atoms. The van der Waals surface area contributed by atoms with Crippen molar-refractivity contribution in [2.24, 2.45) is 5.92 Å². The van der Waals surface area contributed by atoms with Crippen LogP contribution in [0.2, 0.25) is 0 Å². The summed E-state index contributed by atoms with van der Waals surface area (Å²) >= 11 is 0. The fourth-order valence-electron chi connectivity index (χ4n) is 5.18. The molecule has 5 rings (SSSR count). The molecule has 1 aliphatic carbocycles. The van der Waals surface area contributed by atoms with Gasteiger partial charge in [-0.3, -0.25) is 4.79 Å². The Labute approximate surface area is 220 Å². The van der Waals surface area contributed by atoms with Crippen LogP contribution in [0, 0.1) is 11.7 Å². The molecule has 9 nitrogen and oxygen atoms in total. The molecule has 1 aliphatic rings. The Morgan fingerprint density at radius 2 is 1.89 bits per heavy atom. The largest absolute Gasteiger partial charge is 0.496 e. The Balaban J connectivity index is 1.35. The van der Waals surface area contributed by atoms with E-state index in [0.717, 1.165) is 61.0 Å². The van der Waals surface area contributed by atoms with Gasteiger partial charge in [0.1, 0.15) is 34.9 Å². The number of anilines is 1. The number of rotatable bonds is 8. The summed E-state index contributed by atoms with van der Waals surface area (Å²) in [5, 5.41) is 7.31. The number of ether oxygens (including phenoxy) is 2. The maximum atomic E-state index is 13.7. The van der Waals surface area contributed by atoms with Gasteiger partial charge in [0.15, 0.2) is 5.82 Å². The molecule has 198 valence electrons. The molecule has 0 spiro atoms. The Kier molecular flexibility index (Phi) is 7.50. The third-order valence-corrected chi connectivity index (χ3v) is 7.19. The molecule has 1 saturated carbocycles. The van der Waals surface area contributed by atoms with Gasteiger partial charge in [-0.15, -0.1) is 0 Å². The van der Waals surface area contributed by atoms with Crippen LogP contribution in [0.5, 0.6) is 5.75 Å². The zero-order valence-corrected chi connectivity index (χ0v) is 21.5. The monoisotopic (exact) mass is 518 g/mol. The molecule has 1 fully saturated rings. The van der Waals surface area contributed by atoms with E-state index < -0.39 is 11.7 Å². The van der Waals surface area contributed by atoms with Crippen LogP contribution in [0.15, 0.2) is 48.8 Å². The number of carbonyl (C=O) groups is 1. The summed E-state index contributed by atoms with van der Waals surface area (Å²) < 4.78 is 26.0. The van der Waals surface area contributed by atoms with Crippen molar-refractivity contribution in [3.63, 3.8) is 0 Å². The topological polar surface area (TPSA) is 117 Å². The lowest BCUT2D eigenvalue weighted by Gasteiger charge is -2.27. The van der Waals surface area contributed by atoms with Gasteiger partial charge in [-0.2, -0.15) is 5.10 Å². The summed E-state index contributed by atoms with van der Waals surface area (Å²) in [5.74, 6) is 1.54. The first-order valence-corrected chi connectivity index (χ1v) is 12.7. The van der Waals surface area contributed by atoms with Crippen LogP contribution in [-0.2, 0) is 11.3 Å². The van der Waals surface area contributed by atoms with Crippen LogP contribution in [0.1, 0.15) is 53.3 Å². The van der Waals surface area contributed by atoms with E-state index in [9.17, 15) is 9.18 Å². The number of nitrogens with one attached hydrogen (secondary N) is 1. The van der Waals surface area contributed by atoms with Gasteiger partial charge in [-0.1, -0.05) is 24.3 Å². The van der Waals surface area contributed by atoms with E-state index in [4.69, 9.17) is 20.2 Å². The highest BCUT2D eigenvalue weighted by Gasteiger charge is 2.28. The van der Waals surface area contributed by atoms with E-state index in [-0.39, 0.29) is 18.0 Å². The number of carbonyl (C=O) groups excluding carboxylic acids is 1. The third kappa shape index (κ3) is 5.17. The minimum atomic E-state index is -0.502. The van der Waals surface area contributed by atoms with Gasteiger partial charge in [-0.25, -0.2) is 18.9 Å². The fraction of sp³-hybridized carbons (Fsp3) is 0.357. The van der Waals surface area contributed by atoms with Crippen molar-refractivity contribution in [1.29, 1.82) is 0 Å². The highest BCUT2D eigenvalue weighted by atomic mass is 19.1. The molecule has 0 radical (unpaired) electrons. The van der Waals surface area contributed by atoms with Gasteiger partial charge in [0.25, 0.3) is 5.91 Å². The van der Waals surface area contributed by atoms with Gasteiger partial charge in [0, 0.05) is 31.7 Å². The first-order chi connectivity index (χ1) is 18.5. The molecule has 1 amide bonds. The van der Waals surface area contributed by atoms with Crippen molar-refractivity contribution in [3.8, 4) is 17.0 Å². The van der Waals surface area contributed by atoms with Gasteiger partial charge >= 0.3 is 0 Å². The maximum absolute atomic E-state index is 13.7. The summed E-state index contributed by atoms with van der Waals surface area (Å²) in [4.78, 5) is 21.9. The van der Waals surface area contributed by atoms with Gasteiger partial charge < -0.3 is 20.5 Å². The van der Waals surface area contributed by atoms with Crippen LogP contribution in [-0.4, -0.2) is 46.3 Å². The standard InChI is InChI=1S/C28H31FN6O3/c1-37-15-18-5-9-20(10-6-18)27-34-24(25-26(30)32-16-33-35(25)27)19-7-3-17(4-8-19)14-31-28(36)22-13-21(29)11-12-23(22)38-2/h3-4,7-8,11-13,16,18,20H,5-6,9-10,14-15H2,1-2H3,(H,31,36)(H2,30,32,33)/t18-,20-. The molecule has 10 heteroatoms. The lowest BCUT2D eigenvalue weighted by atomic mass is 9.82. The summed E-state index contributed by atoms with van der Waals surface area (Å²) in [6.45, 7) is 1.06. The van der Waals surface area contributed by atoms with E-state index in [0.29, 0.717) is 23.0 Å². The average molecular weight is 519 g/mol. The number of imidazole rings is 1. The number of methoxy groups -OCH3 is 2. The Morgan fingerprint density at radius 1 is 1.13 bits per heavy atom. The highest BCUT2D eigenvalue weighted by Crippen LogP contribution is 2.38. The first-order valence-electron chi connectivity index (χ1n) is 12.7. The minimum Gasteiger partial charge on any atom is -0.496 e. The van der Waals surface area contributed by atoms with Crippen molar-refractivity contribution in [1.82, 2.24) is 24.9 Å². The number of amides is 1. The minimum absolute atomic E-state index is 0.146. The molecule has 2 aromatic heterocycles. The van der Waals surface area contributed by atoms with E-state index in [1.165, 1.54) is 25.6 Å². The van der Waals surface area contributed by atoms with Gasteiger partial charge in [0.2, 0.25) is 0 Å². The summed E-state index contributed by atoms with van der Waals surface area (Å²) in [6.07, 6.45) is 5.68. The molecule has 4 aromatic rings. The molecule has 2 heterocycles. The predicted molar refractivity (Wildman–Crippen MR) is 141 cm³/mol. The SMILES string of the molecule is COC[C@H]1CC[C@H](c2nc(-c3ccc(CNC(=O)c4cc(F)ccc4OC)cc3)c3c(N)ncnn32)CC1. The van der Waals surface area contributed by atoms with Crippen LogP contribution < -0.4 is 15.8 Å². The van der Waals surface area contributed by atoms with Crippen molar-refractivity contribution < 1.29 is 18.7 Å². The molecule has 0 saturated heterocycles. The second kappa shape index (κ2) is 11.1. The Morgan fingerprint density at radius 3 is 2.61 bits per heavy atom. The second-order valence-corrected chi connectivity index (χ2v) is 9.62. The first kappa shape index (κ1) is 25.6. The average Bonchev–Trinajstić information content (AvgIpc) is 3.33. The summed E-state index contributed by atoms with van der Waals surface area (Å²) in [5.41, 5.74) is 9.62. The number of benzene rings is 2. The molecule has 0 aliphatic heterocycles. The lowest BCUT2D eigenvalue weighted by molar-refractivity contribution is 0.0947. The Hall–Kier alpha value is -4.05. The number of nitrogens with two attached hydrogens (primary N) is 1. The number of halogens is 1. The third-order valence-electron chi connectivity index (χ3n) is 7.19. The number of hydrogen-bond donors (Lipinski definition) is 2. The zero-order valence-electron chi connectivity index (χ0n) is 21.5. The van der Waals surface area contributed by atoms with E-state index in [2.05, 4.69) is 15.4 Å². The number of nitrogen functional groups attached to an aromatic ring is 1. The van der Waals surface area contributed by atoms with Crippen molar-refractivity contribution in [2.75, 3.05) is 26.6 Å². The molecule has 0 unspecified atom stereocenters. The molecule has 0 bridgehead atoms. The van der Waals surface area contributed by atoms with E-state index >= 15 is 0 Å². The number of hydrogen-bond acceptors (Lipinski definition) is 7. The lowest BCUT2D eigenvalue weighted by Crippen LogP contribution is -2.23. The molecule has 0 atom stereocenters. The van der Waals surface area contributed by atoms with E-state index in [1.807, 2.05) is 28.8 Å². The van der Waals surface area contributed by atoms with Crippen molar-refractivity contribution in [2.45, 2.75) is 38.1 Å². The molecular formula is C28H31FN6O3. The number of nitrogens with zero attached hydrogens (tertiary/aromatic N) is 4. The molecule has 3 N–H and O–H groups in total. The second-order valence-electron chi connectivity index (χ2n) is 9.62. The number of fused-ring (bicyclic) bond motifs is 1. The molecule has 2 aromatic carbocycles. The fourth-order valence-corrected chi connectivity index (χ4v) is 5.18. The van der Waals surface area contributed by atoms with E-state index in [1.54, 1.807) is 7.11 Å². The predicted octanol–water partition coefficient (Wildman–Crippen LogP) is 4.37. The molecular weight excluding hydrogens is 487 g/mol. The highest BCUT2D eigenvalue weighted by molar-refractivity contribution is 5.97. The summed E-state index contributed by atoms with van der Waals surface area (Å²) in [6, 6.07) is 11.6. The maximum Gasteiger partial charge on any atom is 0.255 e. The quantitative estimate of drug-likeness (QED) is 0.356. The van der Waals surface area contributed by atoms with Crippen molar-refractivity contribution in [3.05, 3.63) is 71.6 Å². The zero-order chi connectivity index (χ0) is 26.6. The van der Waals surface area contributed by atoms with Crippen molar-refractivity contribution >= 4 is 17.2 Å². The van der Waals surface area contributed by atoms with Gasteiger partial charge in [-0.05, 0) is 55.4 Å². The summed E-state index contributed by atoms with van der Waals surface area (Å²) in [7, 11) is 3.19. The normalized spacial score (nSPS) is 17.4. The van der Waals surface area contributed by atoms with Crippen LogP contribution in [0.3, 0.4) is 0 Å². The van der Waals surface area contributed by atoms with Crippen LogP contribution in [0.4, 0.5) is 10.2 Å². The Bertz CT molecular complexity index is 1430. The van der Waals surface area contributed by atoms with Gasteiger partial charge in [0.05, 0.1) is 12.7 Å². The number of aromatic nitrogens is 4.